The first-order chi connectivity index (χ1) is 10.5. The van der Waals surface area contributed by atoms with Gasteiger partial charge in [-0.2, -0.15) is 0 Å². The summed E-state index contributed by atoms with van der Waals surface area (Å²) in [5.41, 5.74) is 3.26. The topological polar surface area (TPSA) is 54.3 Å². The number of nitrogens with zero attached hydrogens (tertiary/aromatic N) is 2. The quantitative estimate of drug-likeness (QED) is 0.698. The van der Waals surface area contributed by atoms with Gasteiger partial charge in [0.25, 0.3) is 5.91 Å². The van der Waals surface area contributed by atoms with Gasteiger partial charge in [0.1, 0.15) is 5.70 Å². The summed E-state index contributed by atoms with van der Waals surface area (Å²) in [7, 11) is 1.90. The Labute approximate surface area is 128 Å². The van der Waals surface area contributed by atoms with Gasteiger partial charge in [-0.25, -0.2) is 4.79 Å². The number of hydrogen-bond acceptors (Lipinski definition) is 2. The first kappa shape index (κ1) is 14.1. The largest absolute Gasteiger partial charge is 0.357 e. The molecule has 3 rings (SSSR count). The molecular formula is C17H17N3O2. The molecule has 0 aliphatic carbocycles. The molecule has 1 saturated heterocycles. The fourth-order valence-corrected chi connectivity index (χ4v) is 2.37. The number of hydrogen-bond donors (Lipinski definition) is 1. The van der Waals surface area contributed by atoms with Crippen molar-refractivity contribution < 1.29 is 9.59 Å². The van der Waals surface area contributed by atoms with Crippen LogP contribution in [0.1, 0.15) is 16.7 Å². The third-order valence-electron chi connectivity index (χ3n) is 3.59. The zero-order chi connectivity index (χ0) is 15.7. The van der Waals surface area contributed by atoms with E-state index in [1.807, 2.05) is 61.3 Å². The minimum Gasteiger partial charge on any atom is -0.357 e. The summed E-state index contributed by atoms with van der Waals surface area (Å²) in [5.74, 6) is -0.297. The van der Waals surface area contributed by atoms with Gasteiger partial charge in [0.05, 0.1) is 6.54 Å². The molecule has 3 amide bonds. The number of aromatic nitrogens is 1. The lowest BCUT2D eigenvalue weighted by molar-refractivity contribution is -0.123. The predicted molar refractivity (Wildman–Crippen MR) is 83.7 cm³/mol. The monoisotopic (exact) mass is 295 g/mol. The van der Waals surface area contributed by atoms with Crippen molar-refractivity contribution in [2.24, 2.45) is 7.05 Å². The summed E-state index contributed by atoms with van der Waals surface area (Å²) in [6.45, 7) is 2.27. The first-order valence-corrected chi connectivity index (χ1v) is 7.05. The second kappa shape index (κ2) is 5.52. The second-order valence-electron chi connectivity index (χ2n) is 5.48. The van der Waals surface area contributed by atoms with Crippen molar-refractivity contribution in [3.05, 3.63) is 65.1 Å². The molecule has 2 heterocycles. The highest BCUT2D eigenvalue weighted by molar-refractivity contribution is 6.13. The lowest BCUT2D eigenvalue weighted by Crippen LogP contribution is -2.30. The van der Waals surface area contributed by atoms with E-state index in [1.165, 1.54) is 4.90 Å². The van der Waals surface area contributed by atoms with E-state index in [4.69, 9.17) is 0 Å². The van der Waals surface area contributed by atoms with E-state index in [0.29, 0.717) is 5.70 Å². The SMILES string of the molecule is Cc1ccc(CN2C(=O)N/C(=C/c3ccn(C)c3)C2=O)cc1. The Kier molecular flexibility index (Phi) is 3.55. The molecule has 5 heteroatoms. The number of rotatable bonds is 3. The predicted octanol–water partition coefficient (Wildman–Crippen LogP) is 2.43. The molecule has 112 valence electrons. The van der Waals surface area contributed by atoms with Crippen LogP contribution >= 0.6 is 0 Å². The van der Waals surface area contributed by atoms with Crippen molar-refractivity contribution in [1.29, 1.82) is 0 Å². The van der Waals surface area contributed by atoms with Crippen molar-refractivity contribution in [3.8, 4) is 0 Å². The molecule has 1 fully saturated rings. The maximum atomic E-state index is 12.4. The van der Waals surface area contributed by atoms with Crippen LogP contribution in [0.3, 0.4) is 0 Å². The van der Waals surface area contributed by atoms with E-state index in [1.54, 1.807) is 6.08 Å². The number of carbonyl (C=O) groups is 2. The van der Waals surface area contributed by atoms with Crippen LogP contribution in [0.2, 0.25) is 0 Å². The molecule has 1 aliphatic rings. The number of nitrogens with one attached hydrogen (secondary N) is 1. The standard InChI is InChI=1S/C17H17N3O2/c1-12-3-5-13(6-4-12)11-20-16(21)15(18-17(20)22)9-14-7-8-19(2)10-14/h3-10H,11H2,1-2H3,(H,18,22)/b15-9+. The van der Waals surface area contributed by atoms with E-state index >= 15 is 0 Å². The van der Waals surface area contributed by atoms with E-state index < -0.39 is 0 Å². The Morgan fingerprint density at radius 1 is 1.14 bits per heavy atom. The summed E-state index contributed by atoms with van der Waals surface area (Å²) >= 11 is 0. The van der Waals surface area contributed by atoms with E-state index in [-0.39, 0.29) is 18.5 Å². The van der Waals surface area contributed by atoms with E-state index in [9.17, 15) is 9.59 Å². The fourth-order valence-electron chi connectivity index (χ4n) is 2.37. The zero-order valence-corrected chi connectivity index (χ0v) is 12.5. The van der Waals surface area contributed by atoms with Crippen molar-refractivity contribution in [3.63, 3.8) is 0 Å². The molecule has 0 saturated carbocycles. The molecule has 0 radical (unpaired) electrons. The van der Waals surface area contributed by atoms with Gasteiger partial charge in [0, 0.05) is 19.4 Å². The van der Waals surface area contributed by atoms with E-state index in [0.717, 1.165) is 16.7 Å². The summed E-state index contributed by atoms with van der Waals surface area (Å²) < 4.78 is 1.89. The van der Waals surface area contributed by atoms with Crippen LogP contribution in [-0.2, 0) is 18.4 Å². The molecule has 1 N–H and O–H groups in total. The number of carbonyl (C=O) groups excluding carboxylic acids is 2. The lowest BCUT2D eigenvalue weighted by atomic mass is 10.1. The summed E-state index contributed by atoms with van der Waals surface area (Å²) in [5, 5.41) is 2.63. The smallest absolute Gasteiger partial charge is 0.329 e. The Morgan fingerprint density at radius 3 is 2.50 bits per heavy atom. The number of amides is 3. The molecule has 1 aromatic carbocycles. The van der Waals surface area contributed by atoms with Crippen LogP contribution in [0.5, 0.6) is 0 Å². The Balaban J connectivity index is 1.79. The minimum absolute atomic E-state index is 0.275. The molecule has 0 spiro atoms. The van der Waals surface area contributed by atoms with Crippen molar-refractivity contribution in [2.75, 3.05) is 0 Å². The van der Waals surface area contributed by atoms with Crippen molar-refractivity contribution >= 4 is 18.0 Å². The molecular weight excluding hydrogens is 278 g/mol. The second-order valence-corrected chi connectivity index (χ2v) is 5.48. The lowest BCUT2D eigenvalue weighted by Gasteiger charge is -2.11. The number of urea groups is 1. The first-order valence-electron chi connectivity index (χ1n) is 7.05. The van der Waals surface area contributed by atoms with Crippen LogP contribution in [0.15, 0.2) is 48.4 Å². The summed E-state index contributed by atoms with van der Waals surface area (Å²) in [4.78, 5) is 25.6. The molecule has 22 heavy (non-hydrogen) atoms. The van der Waals surface area contributed by atoms with Crippen molar-refractivity contribution in [1.82, 2.24) is 14.8 Å². The van der Waals surface area contributed by atoms with Gasteiger partial charge in [-0.3, -0.25) is 9.69 Å². The zero-order valence-electron chi connectivity index (χ0n) is 12.5. The van der Waals surface area contributed by atoms with Gasteiger partial charge in [-0.15, -0.1) is 0 Å². The molecule has 1 aromatic heterocycles. The Hall–Kier alpha value is -2.82. The summed E-state index contributed by atoms with van der Waals surface area (Å²) in [6.07, 6.45) is 5.46. The normalized spacial score (nSPS) is 16.5. The third-order valence-corrected chi connectivity index (χ3v) is 3.59. The molecule has 2 aromatic rings. The van der Waals surface area contributed by atoms with Crippen LogP contribution in [0.4, 0.5) is 4.79 Å². The molecule has 0 bridgehead atoms. The molecule has 5 nitrogen and oxygen atoms in total. The van der Waals surface area contributed by atoms with Gasteiger partial charge < -0.3 is 9.88 Å². The Morgan fingerprint density at radius 2 is 1.86 bits per heavy atom. The average molecular weight is 295 g/mol. The number of benzene rings is 1. The van der Waals surface area contributed by atoms with Gasteiger partial charge >= 0.3 is 6.03 Å². The highest BCUT2D eigenvalue weighted by atomic mass is 16.2. The van der Waals surface area contributed by atoms with Gasteiger partial charge in [-0.05, 0) is 30.2 Å². The fraction of sp³-hybridized carbons (Fsp3) is 0.176. The molecule has 1 aliphatic heterocycles. The average Bonchev–Trinajstić information content (AvgIpc) is 3.00. The van der Waals surface area contributed by atoms with Gasteiger partial charge in [-0.1, -0.05) is 29.8 Å². The summed E-state index contributed by atoms with van der Waals surface area (Å²) in [6, 6.07) is 9.29. The minimum atomic E-state index is -0.382. The van der Waals surface area contributed by atoms with Crippen LogP contribution in [0, 0.1) is 6.92 Å². The molecule has 0 unspecified atom stereocenters. The number of aryl methyl sites for hydroxylation is 2. The maximum Gasteiger partial charge on any atom is 0.329 e. The highest BCUT2D eigenvalue weighted by Crippen LogP contribution is 2.17. The van der Waals surface area contributed by atoms with Crippen LogP contribution in [0.25, 0.3) is 6.08 Å². The van der Waals surface area contributed by atoms with Gasteiger partial charge in [0.15, 0.2) is 0 Å². The van der Waals surface area contributed by atoms with Gasteiger partial charge in [0.2, 0.25) is 0 Å². The Bertz CT molecular complexity index is 756. The van der Waals surface area contributed by atoms with Crippen molar-refractivity contribution in [2.45, 2.75) is 13.5 Å². The van der Waals surface area contributed by atoms with Crippen LogP contribution in [-0.4, -0.2) is 21.4 Å². The third kappa shape index (κ3) is 2.79. The molecule has 0 atom stereocenters. The van der Waals surface area contributed by atoms with Crippen LogP contribution < -0.4 is 5.32 Å². The van der Waals surface area contributed by atoms with E-state index in [2.05, 4.69) is 5.32 Å². The highest BCUT2D eigenvalue weighted by Gasteiger charge is 2.33. The number of imide groups is 1. The maximum absolute atomic E-state index is 12.4.